The van der Waals surface area contributed by atoms with Crippen LogP contribution in [0.15, 0.2) is 79.0 Å². The lowest BCUT2D eigenvalue weighted by molar-refractivity contribution is -0.134. The molecule has 16 nitrogen and oxygen atoms in total. The van der Waals surface area contributed by atoms with Crippen molar-refractivity contribution >= 4 is 78.6 Å². The summed E-state index contributed by atoms with van der Waals surface area (Å²) in [6.07, 6.45) is 18.2. The lowest BCUT2D eigenvalue weighted by atomic mass is 9.49. The molecule has 5 fully saturated rings. The second-order valence-corrected chi connectivity index (χ2v) is 24.1. The molecule has 5 amide bonds. The standard InChI is InChI=1S/C61H69N11O5S/c1-37-46(34-63-72(37)36-61-31-38-28-39(32-61)30-40(29-38)33-61)42-21-23-51(67-57(75)43-15-12-14-41-25-27-71(35-47(41)43)60-65-48-17-9-10-19-50(48)78-60)66-55(42)59(77)62-26-11-7-5-3-4-6-8-20-52(73)64-49-18-13-16-44-54(69-70(2)56(44)49)45-22-24-53(74)68-58(45)76/h9-10,12-19,21,23,34,38-40,45H,3-8,11,20,22,24-33,35-36H2,1-2H3,(H,62,77)(H,64,73)(H,66,67,75)(H,68,74,76). The summed E-state index contributed by atoms with van der Waals surface area (Å²) in [4.78, 5) is 78.2. The molecule has 1 saturated heterocycles. The van der Waals surface area contributed by atoms with Crippen LogP contribution in [0.1, 0.15) is 152 Å². The van der Waals surface area contributed by atoms with Crippen molar-refractivity contribution in [2.24, 2.45) is 30.2 Å². The highest BCUT2D eigenvalue weighted by atomic mass is 32.1. The normalized spacial score (nSPS) is 21.5. The smallest absolute Gasteiger partial charge is 0.270 e. The molecule has 17 heteroatoms. The van der Waals surface area contributed by atoms with E-state index in [1.54, 1.807) is 29.1 Å². The van der Waals surface area contributed by atoms with Crippen molar-refractivity contribution in [1.29, 1.82) is 0 Å². The van der Waals surface area contributed by atoms with Gasteiger partial charge in [-0.2, -0.15) is 10.2 Å². The highest BCUT2D eigenvalue weighted by molar-refractivity contribution is 7.22. The number of pyridine rings is 1. The molecule has 4 aromatic heterocycles. The van der Waals surface area contributed by atoms with Crippen molar-refractivity contribution in [3.05, 3.63) is 113 Å². The molecule has 4 bridgehead atoms. The Kier molecular flexibility index (Phi) is 14.4. The highest BCUT2D eigenvalue weighted by Gasteiger charge is 2.51. The van der Waals surface area contributed by atoms with Gasteiger partial charge in [0.15, 0.2) is 5.13 Å². The Hall–Kier alpha value is -7.27. The lowest BCUT2D eigenvalue weighted by Crippen LogP contribution is -2.48. The van der Waals surface area contributed by atoms with Crippen molar-refractivity contribution in [2.45, 2.75) is 135 Å². The van der Waals surface area contributed by atoms with Crippen LogP contribution in [-0.2, 0) is 40.9 Å². The summed E-state index contributed by atoms with van der Waals surface area (Å²) in [7, 11) is 1.80. The zero-order chi connectivity index (χ0) is 53.5. The predicted octanol–water partition coefficient (Wildman–Crippen LogP) is 10.8. The number of anilines is 3. The van der Waals surface area contributed by atoms with Crippen LogP contribution >= 0.6 is 11.3 Å². The first-order valence-electron chi connectivity index (χ1n) is 28.4. The first-order chi connectivity index (χ1) is 37.9. The molecule has 404 valence electrons. The zero-order valence-corrected chi connectivity index (χ0v) is 45.6. The number of carbonyl (C=O) groups is 5. The van der Waals surface area contributed by atoms with Crippen LogP contribution in [0, 0.1) is 30.1 Å². The largest absolute Gasteiger partial charge is 0.351 e. The van der Waals surface area contributed by atoms with Crippen LogP contribution < -0.4 is 26.2 Å². The Morgan fingerprint density at radius 3 is 2.33 bits per heavy atom. The van der Waals surface area contributed by atoms with E-state index in [9.17, 15) is 24.0 Å². The number of benzene rings is 3. The molecule has 78 heavy (non-hydrogen) atoms. The van der Waals surface area contributed by atoms with E-state index >= 15 is 0 Å². The fourth-order valence-corrected chi connectivity index (χ4v) is 15.2. The molecule has 4 saturated carbocycles. The fraction of sp³-hybridized carbons (Fsp3) is 0.459. The Morgan fingerprint density at radius 2 is 1.55 bits per heavy atom. The Labute approximate surface area is 458 Å². The SMILES string of the molecule is Cc1c(-c2ccc(NC(=O)c3cccc4c3CN(c3nc5ccccc5s3)CC4)nc2C(=O)NCCCCCCCCCC(=O)Nc2cccc3c(C4CCC(=O)NC4=O)nn(C)c23)cnn1CC12CC3CC(CC(C3)C1)C2. The van der Waals surface area contributed by atoms with Crippen molar-refractivity contribution in [1.82, 2.24) is 40.2 Å². The Morgan fingerprint density at radius 1 is 0.795 bits per heavy atom. The number of para-hydroxylation sites is 2. The van der Waals surface area contributed by atoms with Gasteiger partial charge >= 0.3 is 0 Å². The van der Waals surface area contributed by atoms with E-state index in [0.717, 1.165) is 131 Å². The van der Waals surface area contributed by atoms with Crippen LogP contribution in [0.4, 0.5) is 16.6 Å². The van der Waals surface area contributed by atoms with E-state index < -0.39 is 5.92 Å². The molecular weight excluding hydrogens is 999 g/mol. The van der Waals surface area contributed by atoms with Crippen molar-refractivity contribution in [3.8, 4) is 11.1 Å². The monoisotopic (exact) mass is 1070 g/mol. The van der Waals surface area contributed by atoms with Gasteiger partial charge in [0, 0.05) is 73.8 Å². The molecule has 1 unspecified atom stereocenters. The van der Waals surface area contributed by atoms with Gasteiger partial charge in [0.2, 0.25) is 17.7 Å². The number of piperidine rings is 1. The van der Waals surface area contributed by atoms with Gasteiger partial charge in [0.25, 0.3) is 11.8 Å². The van der Waals surface area contributed by atoms with E-state index in [0.29, 0.717) is 59.7 Å². The molecule has 7 aromatic rings. The number of nitrogens with one attached hydrogen (secondary N) is 4. The number of hydrogen-bond donors (Lipinski definition) is 4. The fourth-order valence-electron chi connectivity index (χ4n) is 14.2. The molecule has 6 aliphatic rings. The molecule has 4 aliphatic carbocycles. The molecule has 1 atom stereocenters. The third-order valence-corrected chi connectivity index (χ3v) is 18.7. The number of aromatic nitrogens is 6. The average Bonchev–Trinajstić information content (AvgIpc) is 4.17. The van der Waals surface area contributed by atoms with Crippen molar-refractivity contribution < 1.29 is 24.0 Å². The average molecular weight is 1070 g/mol. The number of imide groups is 1. The minimum Gasteiger partial charge on any atom is -0.351 e. The number of hydrogen-bond acceptors (Lipinski definition) is 11. The van der Waals surface area contributed by atoms with E-state index in [1.165, 1.54) is 38.5 Å². The summed E-state index contributed by atoms with van der Waals surface area (Å²) < 4.78 is 5.01. The number of rotatable bonds is 19. The van der Waals surface area contributed by atoms with Gasteiger partial charge in [-0.05, 0) is 142 Å². The number of nitrogens with zero attached hydrogens (tertiary/aromatic N) is 7. The van der Waals surface area contributed by atoms with Crippen molar-refractivity contribution in [3.63, 3.8) is 0 Å². The van der Waals surface area contributed by atoms with E-state index in [1.807, 2.05) is 60.8 Å². The van der Waals surface area contributed by atoms with Crippen LogP contribution in [0.2, 0.25) is 0 Å². The molecule has 3 aromatic carbocycles. The van der Waals surface area contributed by atoms with Crippen LogP contribution in [-0.4, -0.2) is 72.2 Å². The Balaban J connectivity index is 0.662. The van der Waals surface area contributed by atoms with Crippen LogP contribution in [0.3, 0.4) is 0 Å². The molecule has 0 spiro atoms. The summed E-state index contributed by atoms with van der Waals surface area (Å²) in [5, 5.41) is 23.1. The van der Waals surface area contributed by atoms with Gasteiger partial charge in [-0.3, -0.25) is 38.7 Å². The second-order valence-electron chi connectivity index (χ2n) is 23.1. The third-order valence-electron chi connectivity index (χ3n) is 17.6. The number of thiazole rings is 1. The summed E-state index contributed by atoms with van der Waals surface area (Å²) in [5.41, 5.74) is 8.85. The minimum absolute atomic E-state index is 0.0719. The van der Waals surface area contributed by atoms with Crippen LogP contribution in [0.25, 0.3) is 32.2 Å². The van der Waals surface area contributed by atoms with Gasteiger partial charge in [-0.1, -0.05) is 79.8 Å². The van der Waals surface area contributed by atoms with Crippen LogP contribution in [0.5, 0.6) is 0 Å². The molecule has 2 aliphatic heterocycles. The Bertz CT molecular complexity index is 3400. The lowest BCUT2D eigenvalue weighted by Gasteiger charge is -2.56. The van der Waals surface area contributed by atoms with Gasteiger partial charge in [-0.15, -0.1) is 0 Å². The number of aryl methyl sites for hydroxylation is 1. The molecule has 6 heterocycles. The summed E-state index contributed by atoms with van der Waals surface area (Å²) >= 11 is 1.67. The second kappa shape index (κ2) is 21.9. The van der Waals surface area contributed by atoms with Gasteiger partial charge in [0.05, 0.1) is 39.2 Å². The topological polar surface area (TPSA) is 198 Å². The van der Waals surface area contributed by atoms with E-state index in [-0.39, 0.29) is 41.7 Å². The van der Waals surface area contributed by atoms with Gasteiger partial charge < -0.3 is 20.9 Å². The van der Waals surface area contributed by atoms with Gasteiger partial charge in [-0.25, -0.2) is 9.97 Å². The predicted molar refractivity (Wildman–Crippen MR) is 303 cm³/mol. The first-order valence-corrected chi connectivity index (χ1v) is 29.2. The van der Waals surface area contributed by atoms with E-state index in [4.69, 9.17) is 15.1 Å². The number of carbonyl (C=O) groups excluding carboxylic acids is 5. The summed E-state index contributed by atoms with van der Waals surface area (Å²) in [6.45, 7) is 4.88. The maximum Gasteiger partial charge on any atom is 0.270 e. The highest BCUT2D eigenvalue weighted by Crippen LogP contribution is 2.60. The molecule has 4 N–H and O–H groups in total. The number of unbranched alkanes of at least 4 members (excludes halogenated alkanes) is 6. The zero-order valence-electron chi connectivity index (χ0n) is 44.7. The minimum atomic E-state index is -0.518. The molecule has 0 radical (unpaired) electrons. The number of amides is 5. The first kappa shape index (κ1) is 51.5. The molecular formula is C61H69N11O5S. The van der Waals surface area contributed by atoms with Gasteiger partial charge in [0.1, 0.15) is 11.5 Å². The maximum absolute atomic E-state index is 14.4. The third kappa shape index (κ3) is 10.6. The summed E-state index contributed by atoms with van der Waals surface area (Å²) in [5.74, 6) is 1.08. The van der Waals surface area contributed by atoms with E-state index in [2.05, 4.69) is 55.0 Å². The molecule has 13 rings (SSSR count). The van der Waals surface area contributed by atoms with Crippen molar-refractivity contribution in [2.75, 3.05) is 28.6 Å². The summed E-state index contributed by atoms with van der Waals surface area (Å²) in [6, 6.07) is 23.4. The number of fused-ring (bicyclic) bond motifs is 3. The quantitative estimate of drug-likeness (QED) is 0.0446. The maximum atomic E-state index is 14.4.